The standard InChI is InChI=1S/C36H43N3O5S/c1-5-20-39-26-37-27(4)34(39)25-45(41)33-16-12-31(13-17-33)38-36(40)19-11-30-24-29(10-18-35(30)43-7-3)28-8-14-32(15-9-28)44-23-22-42-21-6-2/h8-19,24,26H,5-7,20-23,25H2,1-4H3,(H,38,40)/b19-11+/t45-/m0/s1. The van der Waals surface area contributed by atoms with Crippen LogP contribution in [0.2, 0.25) is 0 Å². The monoisotopic (exact) mass is 629 g/mol. The molecule has 0 unspecified atom stereocenters. The first-order valence-corrected chi connectivity index (χ1v) is 16.8. The fourth-order valence-electron chi connectivity index (χ4n) is 4.73. The molecule has 1 N–H and O–H groups in total. The molecule has 238 valence electrons. The summed E-state index contributed by atoms with van der Waals surface area (Å²) in [7, 11) is -1.23. The summed E-state index contributed by atoms with van der Waals surface area (Å²) >= 11 is 0. The van der Waals surface area contributed by atoms with E-state index in [9.17, 15) is 9.00 Å². The van der Waals surface area contributed by atoms with Crippen molar-refractivity contribution < 1.29 is 23.2 Å². The van der Waals surface area contributed by atoms with E-state index >= 15 is 0 Å². The third-order valence-electron chi connectivity index (χ3n) is 7.03. The van der Waals surface area contributed by atoms with Crippen molar-refractivity contribution in [1.29, 1.82) is 0 Å². The first-order chi connectivity index (χ1) is 21.9. The highest BCUT2D eigenvalue weighted by atomic mass is 32.2. The van der Waals surface area contributed by atoms with E-state index in [4.69, 9.17) is 14.2 Å². The number of hydrogen-bond donors (Lipinski definition) is 1. The minimum atomic E-state index is -1.23. The molecule has 0 spiro atoms. The van der Waals surface area contributed by atoms with Gasteiger partial charge in [0.2, 0.25) is 5.91 Å². The van der Waals surface area contributed by atoms with Crippen LogP contribution < -0.4 is 14.8 Å². The third kappa shape index (κ3) is 9.89. The van der Waals surface area contributed by atoms with Crippen molar-refractivity contribution in [2.75, 3.05) is 31.7 Å². The first-order valence-electron chi connectivity index (χ1n) is 15.5. The van der Waals surface area contributed by atoms with Crippen molar-refractivity contribution in [1.82, 2.24) is 9.55 Å². The van der Waals surface area contributed by atoms with Crippen LogP contribution in [0.5, 0.6) is 11.5 Å². The van der Waals surface area contributed by atoms with Gasteiger partial charge >= 0.3 is 0 Å². The Morgan fingerprint density at radius 1 is 0.911 bits per heavy atom. The first kappa shape index (κ1) is 33.7. The van der Waals surface area contributed by atoms with Gasteiger partial charge in [-0.25, -0.2) is 4.98 Å². The van der Waals surface area contributed by atoms with E-state index in [-0.39, 0.29) is 5.91 Å². The zero-order chi connectivity index (χ0) is 32.0. The summed E-state index contributed by atoms with van der Waals surface area (Å²) in [6.07, 6.45) is 7.03. The van der Waals surface area contributed by atoms with Gasteiger partial charge in [0.25, 0.3) is 0 Å². The van der Waals surface area contributed by atoms with Gasteiger partial charge in [0.1, 0.15) is 18.1 Å². The highest BCUT2D eigenvalue weighted by Crippen LogP contribution is 2.29. The van der Waals surface area contributed by atoms with Crippen molar-refractivity contribution >= 4 is 28.5 Å². The largest absolute Gasteiger partial charge is 0.493 e. The lowest BCUT2D eigenvalue weighted by Gasteiger charge is -2.11. The van der Waals surface area contributed by atoms with E-state index in [1.54, 1.807) is 30.3 Å². The Kier molecular flexibility index (Phi) is 13.0. The van der Waals surface area contributed by atoms with Gasteiger partial charge < -0.3 is 24.1 Å². The molecular weight excluding hydrogens is 586 g/mol. The molecule has 0 saturated heterocycles. The summed E-state index contributed by atoms with van der Waals surface area (Å²) in [5, 5.41) is 2.89. The van der Waals surface area contributed by atoms with Crippen molar-refractivity contribution in [3.63, 3.8) is 0 Å². The Morgan fingerprint density at radius 3 is 2.38 bits per heavy atom. The number of carbonyl (C=O) groups excluding carboxylic acids is 1. The smallest absolute Gasteiger partial charge is 0.248 e. The molecule has 0 fully saturated rings. The van der Waals surface area contributed by atoms with Crippen LogP contribution in [0.4, 0.5) is 5.69 Å². The van der Waals surface area contributed by atoms with Crippen LogP contribution in [0.15, 0.2) is 84.0 Å². The summed E-state index contributed by atoms with van der Waals surface area (Å²) in [6.45, 7) is 11.2. The van der Waals surface area contributed by atoms with Gasteiger partial charge in [-0.2, -0.15) is 0 Å². The van der Waals surface area contributed by atoms with Crippen LogP contribution in [0.1, 0.15) is 50.6 Å². The second kappa shape index (κ2) is 17.3. The molecule has 3 aromatic carbocycles. The van der Waals surface area contributed by atoms with Gasteiger partial charge in [-0.1, -0.05) is 32.0 Å². The van der Waals surface area contributed by atoms with E-state index in [0.717, 1.165) is 59.8 Å². The van der Waals surface area contributed by atoms with Crippen LogP contribution in [-0.2, 0) is 32.6 Å². The molecule has 0 aliphatic rings. The van der Waals surface area contributed by atoms with Crippen LogP contribution in [0.25, 0.3) is 17.2 Å². The number of anilines is 1. The Balaban J connectivity index is 1.38. The number of aryl methyl sites for hydroxylation is 2. The normalized spacial score (nSPS) is 11.9. The summed E-state index contributed by atoms with van der Waals surface area (Å²) in [5.41, 5.74) is 5.32. The van der Waals surface area contributed by atoms with Crippen LogP contribution in [-0.4, -0.2) is 46.1 Å². The average Bonchev–Trinajstić information content (AvgIpc) is 3.39. The van der Waals surface area contributed by atoms with Gasteiger partial charge in [-0.15, -0.1) is 0 Å². The van der Waals surface area contributed by atoms with Gasteiger partial charge in [-0.05, 0) is 92.4 Å². The lowest BCUT2D eigenvalue weighted by atomic mass is 10.0. The van der Waals surface area contributed by atoms with Gasteiger partial charge in [-0.3, -0.25) is 9.00 Å². The second-order valence-electron chi connectivity index (χ2n) is 10.5. The number of imidazole rings is 1. The fourth-order valence-corrected chi connectivity index (χ4v) is 5.96. The topological polar surface area (TPSA) is 91.7 Å². The van der Waals surface area contributed by atoms with Crippen molar-refractivity contribution in [3.05, 3.63) is 96.1 Å². The molecule has 45 heavy (non-hydrogen) atoms. The molecule has 1 amide bonds. The van der Waals surface area contributed by atoms with E-state index in [1.807, 2.05) is 62.6 Å². The maximum Gasteiger partial charge on any atom is 0.248 e. The minimum Gasteiger partial charge on any atom is -0.493 e. The maximum absolute atomic E-state index is 13.1. The van der Waals surface area contributed by atoms with Gasteiger partial charge in [0, 0.05) is 35.4 Å². The minimum absolute atomic E-state index is 0.278. The Hall–Kier alpha value is -4.21. The SMILES string of the molecule is CCCOCCOc1ccc(-c2ccc(OCC)c(/C=C/C(=O)Nc3ccc([S@@](=O)Cc4c(C)ncn4CCC)cc3)c2)cc1. The van der Waals surface area contributed by atoms with E-state index in [1.165, 1.54) is 6.08 Å². The molecule has 1 atom stereocenters. The molecule has 4 rings (SSSR count). The second-order valence-corrected chi connectivity index (χ2v) is 11.9. The molecule has 9 heteroatoms. The number of amides is 1. The predicted octanol–water partition coefficient (Wildman–Crippen LogP) is 7.43. The van der Waals surface area contributed by atoms with Crippen molar-refractivity contribution in [2.45, 2.75) is 57.7 Å². The Labute approximate surface area is 268 Å². The quantitative estimate of drug-likeness (QED) is 0.0965. The molecule has 4 aromatic rings. The van der Waals surface area contributed by atoms with Gasteiger partial charge in [0.05, 0.1) is 47.5 Å². The van der Waals surface area contributed by atoms with Gasteiger partial charge in [0.15, 0.2) is 0 Å². The van der Waals surface area contributed by atoms with E-state index in [2.05, 4.69) is 28.7 Å². The predicted molar refractivity (Wildman–Crippen MR) is 181 cm³/mol. The maximum atomic E-state index is 13.1. The van der Waals surface area contributed by atoms with Crippen molar-refractivity contribution in [2.24, 2.45) is 0 Å². The molecule has 0 aliphatic heterocycles. The van der Waals surface area contributed by atoms with Crippen LogP contribution >= 0.6 is 0 Å². The molecule has 0 aliphatic carbocycles. The zero-order valence-electron chi connectivity index (χ0n) is 26.6. The number of benzene rings is 3. The molecule has 0 bridgehead atoms. The molecule has 0 saturated carbocycles. The summed E-state index contributed by atoms with van der Waals surface area (Å²) < 4.78 is 32.2. The molecule has 8 nitrogen and oxygen atoms in total. The molecule has 0 radical (unpaired) electrons. The number of aromatic nitrogens is 2. The number of ether oxygens (including phenoxy) is 3. The summed E-state index contributed by atoms with van der Waals surface area (Å²) in [4.78, 5) is 17.9. The third-order valence-corrected chi connectivity index (χ3v) is 8.36. The zero-order valence-corrected chi connectivity index (χ0v) is 27.4. The number of rotatable bonds is 17. The number of carbonyl (C=O) groups is 1. The highest BCUT2D eigenvalue weighted by Gasteiger charge is 2.13. The van der Waals surface area contributed by atoms with E-state index < -0.39 is 10.8 Å². The molecular formula is C36H43N3O5S. The number of nitrogens with zero attached hydrogens (tertiary/aromatic N) is 2. The number of hydrogen-bond acceptors (Lipinski definition) is 6. The Bertz CT molecular complexity index is 1580. The highest BCUT2D eigenvalue weighted by molar-refractivity contribution is 7.84. The average molecular weight is 630 g/mol. The lowest BCUT2D eigenvalue weighted by Crippen LogP contribution is -2.08. The summed E-state index contributed by atoms with van der Waals surface area (Å²) in [5.74, 6) is 1.60. The fraction of sp³-hybridized carbons (Fsp3) is 0.333. The van der Waals surface area contributed by atoms with Crippen molar-refractivity contribution in [3.8, 4) is 22.6 Å². The molecule has 1 heterocycles. The van der Waals surface area contributed by atoms with Crippen LogP contribution in [0, 0.1) is 6.92 Å². The molecule has 1 aromatic heterocycles. The lowest BCUT2D eigenvalue weighted by molar-refractivity contribution is -0.111. The Morgan fingerprint density at radius 2 is 1.67 bits per heavy atom. The van der Waals surface area contributed by atoms with Crippen LogP contribution in [0.3, 0.4) is 0 Å². The van der Waals surface area contributed by atoms with E-state index in [0.29, 0.717) is 41.9 Å². The summed E-state index contributed by atoms with van der Waals surface area (Å²) in [6, 6.07) is 20.9. The number of nitrogens with one attached hydrogen (secondary N) is 1.